The van der Waals surface area contributed by atoms with Crippen LogP contribution in [0.1, 0.15) is 19.8 Å². The Morgan fingerprint density at radius 1 is 1.50 bits per heavy atom. The third-order valence-electron chi connectivity index (χ3n) is 3.04. The quantitative estimate of drug-likeness (QED) is 0.843. The minimum Gasteiger partial charge on any atom is -0.481 e. The number of anilines is 1. The van der Waals surface area contributed by atoms with E-state index in [4.69, 9.17) is 5.11 Å². The van der Waals surface area contributed by atoms with Gasteiger partial charge in [0.05, 0.1) is 0 Å². The predicted octanol–water partition coefficient (Wildman–Crippen LogP) is 2.15. The summed E-state index contributed by atoms with van der Waals surface area (Å²) in [5.74, 6) is 0.0262. The second-order valence-corrected chi connectivity index (χ2v) is 4.82. The van der Waals surface area contributed by atoms with E-state index in [2.05, 4.69) is 15.5 Å². The van der Waals surface area contributed by atoms with Gasteiger partial charge in [-0.1, -0.05) is 12.1 Å². The Balaban J connectivity index is 2.07. The normalized spacial score (nSPS) is 12.1. The summed E-state index contributed by atoms with van der Waals surface area (Å²) in [6.07, 6.45) is 2.41. The number of benzene rings is 1. The van der Waals surface area contributed by atoms with Gasteiger partial charge in [0.2, 0.25) is 0 Å². The highest BCUT2D eigenvalue weighted by atomic mass is 16.4. The fraction of sp³-hybridized carbons (Fsp3) is 0.357. The Kier molecular flexibility index (Phi) is 4.34. The Labute approximate surface area is 117 Å². The molecule has 1 unspecified atom stereocenters. The molecule has 20 heavy (non-hydrogen) atoms. The van der Waals surface area contributed by atoms with Crippen LogP contribution in [0.15, 0.2) is 30.6 Å². The van der Waals surface area contributed by atoms with Crippen LogP contribution in [-0.2, 0) is 11.8 Å². The van der Waals surface area contributed by atoms with E-state index in [0.29, 0.717) is 6.42 Å². The van der Waals surface area contributed by atoms with Gasteiger partial charge in [-0.2, -0.15) is 0 Å². The standard InChI is InChI=1S/C14H18N4O2/c1-10(6-7-13(19)20)16-12-5-3-4-11(8-12)14-17-15-9-18(14)2/h3-5,8-10,16H,6-7H2,1-2H3,(H,19,20). The maximum atomic E-state index is 10.6. The van der Waals surface area contributed by atoms with Gasteiger partial charge in [0.1, 0.15) is 6.33 Å². The van der Waals surface area contributed by atoms with Gasteiger partial charge in [-0.3, -0.25) is 4.79 Å². The van der Waals surface area contributed by atoms with Crippen molar-refractivity contribution in [2.24, 2.45) is 7.05 Å². The number of rotatable bonds is 6. The number of carboxylic acid groups (broad SMARTS) is 1. The first-order valence-corrected chi connectivity index (χ1v) is 6.49. The molecular weight excluding hydrogens is 256 g/mol. The van der Waals surface area contributed by atoms with Crippen LogP contribution in [0.25, 0.3) is 11.4 Å². The SMILES string of the molecule is CC(CCC(=O)O)Nc1cccc(-c2nncn2C)c1. The molecule has 0 saturated carbocycles. The number of aromatic nitrogens is 3. The highest BCUT2D eigenvalue weighted by Gasteiger charge is 2.08. The predicted molar refractivity (Wildman–Crippen MR) is 76.4 cm³/mol. The first-order chi connectivity index (χ1) is 9.56. The molecule has 0 fully saturated rings. The van der Waals surface area contributed by atoms with Crippen molar-refractivity contribution < 1.29 is 9.90 Å². The lowest BCUT2D eigenvalue weighted by Gasteiger charge is -2.14. The van der Waals surface area contributed by atoms with Crippen molar-refractivity contribution in [2.45, 2.75) is 25.8 Å². The molecule has 1 heterocycles. The summed E-state index contributed by atoms with van der Waals surface area (Å²) in [5.41, 5.74) is 1.92. The van der Waals surface area contributed by atoms with Crippen molar-refractivity contribution >= 4 is 11.7 Å². The lowest BCUT2D eigenvalue weighted by molar-refractivity contribution is -0.137. The minimum absolute atomic E-state index is 0.0980. The summed E-state index contributed by atoms with van der Waals surface area (Å²) in [5, 5.41) is 19.9. The van der Waals surface area contributed by atoms with E-state index in [9.17, 15) is 4.79 Å². The van der Waals surface area contributed by atoms with E-state index in [0.717, 1.165) is 17.1 Å². The third-order valence-corrected chi connectivity index (χ3v) is 3.04. The molecular formula is C14H18N4O2. The Morgan fingerprint density at radius 3 is 2.95 bits per heavy atom. The Hall–Kier alpha value is -2.37. The van der Waals surface area contributed by atoms with E-state index in [1.165, 1.54) is 0 Å². The van der Waals surface area contributed by atoms with Gasteiger partial charge >= 0.3 is 5.97 Å². The number of carbonyl (C=O) groups is 1. The molecule has 0 aliphatic carbocycles. The first-order valence-electron chi connectivity index (χ1n) is 6.49. The van der Waals surface area contributed by atoms with Crippen LogP contribution in [0.5, 0.6) is 0 Å². The zero-order valence-electron chi connectivity index (χ0n) is 11.6. The molecule has 0 saturated heterocycles. The molecule has 6 heteroatoms. The van der Waals surface area contributed by atoms with Crippen molar-refractivity contribution in [3.63, 3.8) is 0 Å². The van der Waals surface area contributed by atoms with Crippen molar-refractivity contribution in [1.82, 2.24) is 14.8 Å². The van der Waals surface area contributed by atoms with Crippen molar-refractivity contribution in [1.29, 1.82) is 0 Å². The molecule has 1 aromatic carbocycles. The molecule has 106 valence electrons. The molecule has 2 N–H and O–H groups in total. The topological polar surface area (TPSA) is 80.0 Å². The van der Waals surface area contributed by atoms with E-state index in [1.807, 2.05) is 42.8 Å². The maximum Gasteiger partial charge on any atom is 0.303 e. The summed E-state index contributed by atoms with van der Waals surface area (Å²) in [6.45, 7) is 1.97. The number of hydrogen-bond acceptors (Lipinski definition) is 4. The van der Waals surface area contributed by atoms with Gasteiger partial charge in [0.15, 0.2) is 5.82 Å². The molecule has 1 atom stereocenters. The molecule has 0 aliphatic rings. The van der Waals surface area contributed by atoms with Crippen LogP contribution < -0.4 is 5.32 Å². The summed E-state index contributed by atoms with van der Waals surface area (Å²) < 4.78 is 1.85. The first kappa shape index (κ1) is 14.0. The van der Waals surface area contributed by atoms with Crippen molar-refractivity contribution in [3.05, 3.63) is 30.6 Å². The van der Waals surface area contributed by atoms with Gasteiger partial charge in [-0.15, -0.1) is 10.2 Å². The summed E-state index contributed by atoms with van der Waals surface area (Å²) in [7, 11) is 1.89. The smallest absolute Gasteiger partial charge is 0.303 e. The van der Waals surface area contributed by atoms with Crippen LogP contribution in [0.2, 0.25) is 0 Å². The third kappa shape index (κ3) is 3.57. The zero-order valence-corrected chi connectivity index (χ0v) is 11.6. The monoisotopic (exact) mass is 274 g/mol. The largest absolute Gasteiger partial charge is 0.481 e. The van der Waals surface area contributed by atoms with E-state index in [1.54, 1.807) is 6.33 Å². The van der Waals surface area contributed by atoms with Gasteiger partial charge < -0.3 is 15.0 Å². The van der Waals surface area contributed by atoms with Crippen LogP contribution in [-0.4, -0.2) is 31.9 Å². The second-order valence-electron chi connectivity index (χ2n) is 4.82. The number of nitrogens with zero attached hydrogens (tertiary/aromatic N) is 3. The van der Waals surface area contributed by atoms with Crippen molar-refractivity contribution in [2.75, 3.05) is 5.32 Å². The number of aliphatic carboxylic acids is 1. The summed E-state index contributed by atoms with van der Waals surface area (Å²) >= 11 is 0. The van der Waals surface area contributed by atoms with Crippen LogP contribution >= 0.6 is 0 Å². The second kappa shape index (κ2) is 6.18. The minimum atomic E-state index is -0.772. The fourth-order valence-corrected chi connectivity index (χ4v) is 1.99. The Morgan fingerprint density at radius 2 is 2.30 bits per heavy atom. The molecule has 6 nitrogen and oxygen atoms in total. The summed E-state index contributed by atoms with van der Waals surface area (Å²) in [4.78, 5) is 10.6. The van der Waals surface area contributed by atoms with E-state index in [-0.39, 0.29) is 12.5 Å². The van der Waals surface area contributed by atoms with Crippen molar-refractivity contribution in [3.8, 4) is 11.4 Å². The number of nitrogens with one attached hydrogen (secondary N) is 1. The molecule has 2 rings (SSSR count). The highest BCUT2D eigenvalue weighted by Crippen LogP contribution is 2.21. The van der Waals surface area contributed by atoms with Crippen LogP contribution in [0.4, 0.5) is 5.69 Å². The number of hydrogen-bond donors (Lipinski definition) is 2. The number of carboxylic acids is 1. The molecule has 0 aliphatic heterocycles. The van der Waals surface area contributed by atoms with E-state index >= 15 is 0 Å². The van der Waals surface area contributed by atoms with E-state index < -0.39 is 5.97 Å². The number of aryl methyl sites for hydroxylation is 1. The zero-order chi connectivity index (χ0) is 14.5. The molecule has 0 bridgehead atoms. The fourth-order valence-electron chi connectivity index (χ4n) is 1.99. The molecule has 0 amide bonds. The van der Waals surface area contributed by atoms with Gasteiger partial charge in [0, 0.05) is 30.8 Å². The molecule has 0 spiro atoms. The average molecular weight is 274 g/mol. The lowest BCUT2D eigenvalue weighted by atomic mass is 10.1. The lowest BCUT2D eigenvalue weighted by Crippen LogP contribution is -2.16. The molecule has 1 aromatic heterocycles. The maximum absolute atomic E-state index is 10.6. The van der Waals surface area contributed by atoms with Gasteiger partial charge in [0.25, 0.3) is 0 Å². The van der Waals surface area contributed by atoms with Crippen LogP contribution in [0, 0.1) is 0 Å². The van der Waals surface area contributed by atoms with Gasteiger partial charge in [-0.25, -0.2) is 0 Å². The van der Waals surface area contributed by atoms with Gasteiger partial charge in [-0.05, 0) is 25.5 Å². The average Bonchev–Trinajstić information content (AvgIpc) is 2.83. The molecule has 2 aromatic rings. The summed E-state index contributed by atoms with van der Waals surface area (Å²) in [6, 6.07) is 7.95. The Bertz CT molecular complexity index is 594. The molecule has 0 radical (unpaired) electrons. The van der Waals surface area contributed by atoms with Crippen LogP contribution in [0.3, 0.4) is 0 Å². The highest BCUT2D eigenvalue weighted by molar-refractivity contribution is 5.67.